The fourth-order valence-corrected chi connectivity index (χ4v) is 2.40. The minimum atomic E-state index is -1.39. The summed E-state index contributed by atoms with van der Waals surface area (Å²) in [5.74, 6) is -3.63. The standard InChI is InChI=1S/C13H14F2N2O4/c14-8-5-7(11(17(20)21)6-9(8)15)13(19)16-10-3-1-2-4-12(10)18/h5-6,10,12,18H,1-4H2,(H,16,19). The van der Waals surface area contributed by atoms with E-state index in [9.17, 15) is 28.8 Å². The van der Waals surface area contributed by atoms with Gasteiger partial charge in [0, 0.05) is 0 Å². The zero-order chi connectivity index (χ0) is 15.6. The average Bonchev–Trinajstić information content (AvgIpc) is 2.43. The summed E-state index contributed by atoms with van der Waals surface area (Å²) in [6.07, 6.45) is 1.95. The van der Waals surface area contributed by atoms with E-state index in [0.717, 1.165) is 12.8 Å². The second kappa shape index (κ2) is 6.13. The third-order valence-electron chi connectivity index (χ3n) is 3.53. The summed E-state index contributed by atoms with van der Waals surface area (Å²) >= 11 is 0. The number of nitrogens with zero attached hydrogens (tertiary/aromatic N) is 1. The van der Waals surface area contributed by atoms with Crippen molar-refractivity contribution in [3.05, 3.63) is 39.4 Å². The molecule has 1 aliphatic rings. The van der Waals surface area contributed by atoms with Crippen LogP contribution in [-0.2, 0) is 0 Å². The Kier molecular flexibility index (Phi) is 4.46. The molecule has 0 aliphatic heterocycles. The van der Waals surface area contributed by atoms with Crippen molar-refractivity contribution in [2.24, 2.45) is 0 Å². The third-order valence-corrected chi connectivity index (χ3v) is 3.53. The van der Waals surface area contributed by atoms with E-state index in [2.05, 4.69) is 5.32 Å². The summed E-state index contributed by atoms with van der Waals surface area (Å²) in [7, 11) is 0. The largest absolute Gasteiger partial charge is 0.391 e. The van der Waals surface area contributed by atoms with Gasteiger partial charge in [-0.2, -0.15) is 0 Å². The molecule has 1 aromatic rings. The lowest BCUT2D eigenvalue weighted by Crippen LogP contribution is -2.45. The van der Waals surface area contributed by atoms with Crippen LogP contribution in [-0.4, -0.2) is 28.1 Å². The Morgan fingerprint density at radius 2 is 1.90 bits per heavy atom. The predicted octanol–water partition coefficient (Wildman–Crippen LogP) is 1.91. The van der Waals surface area contributed by atoms with Crippen molar-refractivity contribution in [1.29, 1.82) is 0 Å². The minimum absolute atomic E-state index is 0.377. The van der Waals surface area contributed by atoms with E-state index in [4.69, 9.17) is 0 Å². The van der Waals surface area contributed by atoms with Crippen LogP contribution in [0.25, 0.3) is 0 Å². The predicted molar refractivity (Wildman–Crippen MR) is 68.7 cm³/mol. The smallest absolute Gasteiger partial charge is 0.285 e. The molecule has 2 unspecified atom stereocenters. The summed E-state index contributed by atoms with van der Waals surface area (Å²) in [4.78, 5) is 21.9. The number of aliphatic hydroxyl groups excluding tert-OH is 1. The van der Waals surface area contributed by atoms with Gasteiger partial charge in [-0.3, -0.25) is 14.9 Å². The molecule has 1 amide bonds. The van der Waals surface area contributed by atoms with E-state index < -0.39 is 45.9 Å². The first-order valence-electron chi connectivity index (χ1n) is 6.52. The van der Waals surface area contributed by atoms with Crippen LogP contribution in [0.2, 0.25) is 0 Å². The molecule has 114 valence electrons. The Balaban J connectivity index is 2.26. The van der Waals surface area contributed by atoms with Gasteiger partial charge in [-0.15, -0.1) is 0 Å². The Morgan fingerprint density at radius 3 is 2.52 bits per heavy atom. The molecule has 2 atom stereocenters. The molecule has 21 heavy (non-hydrogen) atoms. The number of carbonyl (C=O) groups excluding carboxylic acids is 1. The Labute approximate surface area is 118 Å². The highest BCUT2D eigenvalue weighted by molar-refractivity contribution is 5.98. The SMILES string of the molecule is O=C(NC1CCCCC1O)c1cc(F)c(F)cc1[N+](=O)[O-]. The van der Waals surface area contributed by atoms with Crippen molar-refractivity contribution in [2.45, 2.75) is 37.8 Å². The average molecular weight is 300 g/mol. The summed E-state index contributed by atoms with van der Waals surface area (Å²) in [5, 5.41) is 23.0. The monoisotopic (exact) mass is 300 g/mol. The molecule has 2 N–H and O–H groups in total. The summed E-state index contributed by atoms with van der Waals surface area (Å²) in [5.41, 5.74) is -1.37. The maximum atomic E-state index is 13.2. The first-order valence-corrected chi connectivity index (χ1v) is 6.52. The Morgan fingerprint density at radius 1 is 1.29 bits per heavy atom. The van der Waals surface area contributed by atoms with Crippen LogP contribution in [0.1, 0.15) is 36.0 Å². The molecule has 2 rings (SSSR count). The molecule has 0 bridgehead atoms. The van der Waals surface area contributed by atoms with Gasteiger partial charge in [0.1, 0.15) is 5.56 Å². The van der Waals surface area contributed by atoms with Gasteiger partial charge in [-0.25, -0.2) is 8.78 Å². The maximum absolute atomic E-state index is 13.2. The van der Waals surface area contributed by atoms with Crippen LogP contribution in [0.3, 0.4) is 0 Å². The number of halogens is 2. The normalized spacial score (nSPS) is 21.9. The highest BCUT2D eigenvalue weighted by atomic mass is 19.2. The fourth-order valence-electron chi connectivity index (χ4n) is 2.40. The van der Waals surface area contributed by atoms with Crippen LogP contribution >= 0.6 is 0 Å². The lowest BCUT2D eigenvalue weighted by atomic mass is 9.92. The number of rotatable bonds is 3. The molecular formula is C13H14F2N2O4. The van der Waals surface area contributed by atoms with Gasteiger partial charge in [0.2, 0.25) is 0 Å². The summed E-state index contributed by atoms with van der Waals surface area (Å²) < 4.78 is 26.3. The van der Waals surface area contributed by atoms with Crippen molar-refractivity contribution in [2.75, 3.05) is 0 Å². The van der Waals surface area contributed by atoms with Crippen molar-refractivity contribution in [3.8, 4) is 0 Å². The first kappa shape index (κ1) is 15.3. The number of carbonyl (C=O) groups is 1. The number of benzene rings is 1. The van der Waals surface area contributed by atoms with Gasteiger partial charge >= 0.3 is 0 Å². The van der Waals surface area contributed by atoms with Crippen molar-refractivity contribution < 1.29 is 23.6 Å². The number of hydrogen-bond donors (Lipinski definition) is 2. The molecule has 8 heteroatoms. The molecular weight excluding hydrogens is 286 g/mol. The Bertz CT molecular complexity index is 580. The number of nitro benzene ring substituents is 1. The summed E-state index contributed by atoms with van der Waals surface area (Å²) in [6, 6.07) is 0.332. The zero-order valence-corrected chi connectivity index (χ0v) is 11.0. The molecule has 1 aromatic carbocycles. The van der Waals surface area contributed by atoms with Crippen LogP contribution < -0.4 is 5.32 Å². The quantitative estimate of drug-likeness (QED) is 0.658. The molecule has 1 fully saturated rings. The number of nitrogens with one attached hydrogen (secondary N) is 1. The zero-order valence-electron chi connectivity index (χ0n) is 11.0. The van der Waals surface area contributed by atoms with Crippen LogP contribution in [0.5, 0.6) is 0 Å². The van der Waals surface area contributed by atoms with Crippen molar-refractivity contribution in [1.82, 2.24) is 5.32 Å². The highest BCUT2D eigenvalue weighted by Crippen LogP contribution is 2.24. The number of hydrogen-bond acceptors (Lipinski definition) is 4. The lowest BCUT2D eigenvalue weighted by molar-refractivity contribution is -0.385. The van der Waals surface area contributed by atoms with E-state index in [0.29, 0.717) is 25.0 Å². The number of amides is 1. The van der Waals surface area contributed by atoms with Gasteiger partial charge in [-0.1, -0.05) is 12.8 Å². The molecule has 1 saturated carbocycles. The van der Waals surface area contributed by atoms with Gasteiger partial charge in [0.25, 0.3) is 11.6 Å². The number of aliphatic hydroxyl groups is 1. The topological polar surface area (TPSA) is 92.5 Å². The van der Waals surface area contributed by atoms with E-state index >= 15 is 0 Å². The minimum Gasteiger partial charge on any atom is -0.391 e. The van der Waals surface area contributed by atoms with Gasteiger partial charge in [-0.05, 0) is 18.9 Å². The van der Waals surface area contributed by atoms with Gasteiger partial charge < -0.3 is 10.4 Å². The van der Waals surface area contributed by atoms with Gasteiger partial charge in [0.05, 0.1) is 23.1 Å². The van der Waals surface area contributed by atoms with E-state index in [-0.39, 0.29) is 0 Å². The second-order valence-electron chi connectivity index (χ2n) is 4.97. The highest BCUT2D eigenvalue weighted by Gasteiger charge is 2.29. The maximum Gasteiger partial charge on any atom is 0.285 e. The molecule has 0 spiro atoms. The Hall–Kier alpha value is -2.09. The molecule has 0 heterocycles. The first-order chi connectivity index (χ1) is 9.90. The number of nitro groups is 1. The lowest BCUT2D eigenvalue weighted by Gasteiger charge is -2.28. The molecule has 0 aromatic heterocycles. The molecule has 0 saturated heterocycles. The van der Waals surface area contributed by atoms with Crippen LogP contribution in [0.4, 0.5) is 14.5 Å². The summed E-state index contributed by atoms with van der Waals surface area (Å²) in [6.45, 7) is 0. The van der Waals surface area contributed by atoms with Crippen molar-refractivity contribution >= 4 is 11.6 Å². The fraction of sp³-hybridized carbons (Fsp3) is 0.462. The van der Waals surface area contributed by atoms with E-state index in [1.54, 1.807) is 0 Å². The van der Waals surface area contributed by atoms with Crippen molar-refractivity contribution in [3.63, 3.8) is 0 Å². The van der Waals surface area contributed by atoms with Crippen LogP contribution in [0.15, 0.2) is 12.1 Å². The third kappa shape index (κ3) is 3.33. The van der Waals surface area contributed by atoms with E-state index in [1.807, 2.05) is 0 Å². The van der Waals surface area contributed by atoms with E-state index in [1.165, 1.54) is 0 Å². The van der Waals surface area contributed by atoms with Gasteiger partial charge in [0.15, 0.2) is 11.6 Å². The molecule has 0 radical (unpaired) electrons. The second-order valence-corrected chi connectivity index (χ2v) is 4.97. The van der Waals surface area contributed by atoms with Crippen LogP contribution in [0, 0.1) is 21.7 Å². The molecule has 1 aliphatic carbocycles. The molecule has 6 nitrogen and oxygen atoms in total.